The number of hydrogen-bond donors (Lipinski definition) is 1. The third kappa shape index (κ3) is 5.49. The highest BCUT2D eigenvalue weighted by Gasteiger charge is 2.12. The van der Waals surface area contributed by atoms with E-state index in [1.807, 2.05) is 31.1 Å². The molecule has 0 atom stereocenters. The van der Waals surface area contributed by atoms with E-state index in [1.165, 1.54) is 17.8 Å². The molecule has 0 aliphatic rings. The molecular formula is C17H21NO4S. The number of anilines is 1. The molecule has 0 fully saturated rings. The second-order valence-corrected chi connectivity index (χ2v) is 5.62. The number of allylic oxidation sites excluding steroid dienone is 1. The molecule has 0 aliphatic heterocycles. The smallest absolute Gasteiger partial charge is 0.379 e. The Balaban J connectivity index is 2.99. The van der Waals surface area contributed by atoms with Gasteiger partial charge >= 0.3 is 5.97 Å². The number of aliphatic hydroxyl groups is 1. The van der Waals surface area contributed by atoms with Crippen LogP contribution in [0.5, 0.6) is 0 Å². The van der Waals surface area contributed by atoms with Crippen molar-refractivity contribution >= 4 is 35.0 Å². The molecule has 23 heavy (non-hydrogen) atoms. The summed E-state index contributed by atoms with van der Waals surface area (Å²) >= 11 is 1.28. The number of aliphatic hydroxyl groups excluding tert-OH is 1. The number of hydrogen-bond acceptors (Lipinski definition) is 6. The van der Waals surface area contributed by atoms with Crippen molar-refractivity contribution < 1.29 is 19.4 Å². The van der Waals surface area contributed by atoms with Gasteiger partial charge in [-0.25, -0.2) is 4.79 Å². The maximum absolute atomic E-state index is 11.6. The van der Waals surface area contributed by atoms with E-state index in [2.05, 4.69) is 4.74 Å². The highest BCUT2D eigenvalue weighted by molar-refractivity contribution is 8.02. The maximum atomic E-state index is 11.6. The molecular weight excluding hydrogens is 314 g/mol. The Morgan fingerprint density at radius 1 is 1.22 bits per heavy atom. The van der Waals surface area contributed by atoms with Gasteiger partial charge in [-0.05, 0) is 49.6 Å². The number of ketones is 1. The lowest BCUT2D eigenvalue weighted by atomic mass is 10.1. The van der Waals surface area contributed by atoms with E-state index < -0.39 is 11.8 Å². The van der Waals surface area contributed by atoms with Crippen LogP contribution in [0.1, 0.15) is 12.5 Å². The minimum Gasteiger partial charge on any atom is -0.506 e. The molecule has 0 aromatic heterocycles. The van der Waals surface area contributed by atoms with Crippen molar-refractivity contribution in [2.45, 2.75) is 6.92 Å². The average molecular weight is 335 g/mol. The summed E-state index contributed by atoms with van der Waals surface area (Å²) in [7, 11) is 3.86. The van der Waals surface area contributed by atoms with Crippen LogP contribution in [0.2, 0.25) is 0 Å². The van der Waals surface area contributed by atoms with E-state index in [9.17, 15) is 14.7 Å². The van der Waals surface area contributed by atoms with Crippen LogP contribution in [0.15, 0.2) is 41.3 Å². The summed E-state index contributed by atoms with van der Waals surface area (Å²) in [5, 5.41) is 10.3. The summed E-state index contributed by atoms with van der Waals surface area (Å²) in [4.78, 5) is 25.3. The van der Waals surface area contributed by atoms with Crippen molar-refractivity contribution in [3.05, 3.63) is 46.9 Å². The largest absolute Gasteiger partial charge is 0.506 e. The van der Waals surface area contributed by atoms with Gasteiger partial charge in [0.1, 0.15) is 5.76 Å². The van der Waals surface area contributed by atoms with Crippen LogP contribution >= 0.6 is 11.8 Å². The Bertz CT molecular complexity index is 618. The van der Waals surface area contributed by atoms with Crippen LogP contribution in [0, 0.1) is 0 Å². The van der Waals surface area contributed by atoms with Crippen molar-refractivity contribution in [1.29, 1.82) is 0 Å². The minimum absolute atomic E-state index is 0.0516. The topological polar surface area (TPSA) is 66.8 Å². The van der Waals surface area contributed by atoms with E-state index in [-0.39, 0.29) is 12.4 Å². The molecule has 5 nitrogen and oxygen atoms in total. The van der Waals surface area contributed by atoms with Crippen molar-refractivity contribution in [2.75, 3.05) is 31.9 Å². The molecule has 1 rings (SSSR count). The van der Waals surface area contributed by atoms with Crippen LogP contribution in [0.4, 0.5) is 5.69 Å². The molecule has 124 valence electrons. The summed E-state index contributed by atoms with van der Waals surface area (Å²) in [6.07, 6.45) is 4.30. The zero-order valence-electron chi connectivity index (χ0n) is 13.7. The SMILES string of the molecule is CCOC(=O)C(=O)C=CC(SC)=C(O)c1ccc(N(C)C)cc1. The van der Waals surface area contributed by atoms with Crippen LogP contribution in [0.25, 0.3) is 5.76 Å². The number of carbonyl (C=O) groups is 2. The van der Waals surface area contributed by atoms with Crippen LogP contribution in [-0.4, -0.2) is 43.8 Å². The summed E-state index contributed by atoms with van der Waals surface area (Å²) in [6, 6.07) is 7.36. The molecule has 1 aromatic carbocycles. The molecule has 0 bridgehead atoms. The van der Waals surface area contributed by atoms with Gasteiger partial charge in [0, 0.05) is 30.3 Å². The first-order valence-corrected chi connectivity index (χ1v) is 8.27. The first-order chi connectivity index (χ1) is 10.9. The average Bonchev–Trinajstić information content (AvgIpc) is 2.55. The lowest BCUT2D eigenvalue weighted by Gasteiger charge is -2.13. The van der Waals surface area contributed by atoms with Crippen LogP contribution < -0.4 is 4.90 Å². The molecule has 0 saturated heterocycles. The van der Waals surface area contributed by atoms with Gasteiger partial charge in [-0.2, -0.15) is 0 Å². The normalized spacial score (nSPS) is 12.0. The van der Waals surface area contributed by atoms with E-state index in [1.54, 1.807) is 25.3 Å². The monoisotopic (exact) mass is 335 g/mol. The van der Waals surface area contributed by atoms with Crippen molar-refractivity contribution in [3.8, 4) is 0 Å². The van der Waals surface area contributed by atoms with Crippen molar-refractivity contribution in [2.24, 2.45) is 0 Å². The summed E-state index contributed by atoms with van der Waals surface area (Å²) in [5.74, 6) is -1.61. The number of rotatable bonds is 7. The predicted octanol–water partition coefficient (Wildman–Crippen LogP) is 3.03. The Kier molecular flexibility index (Phi) is 7.41. The third-order valence-electron chi connectivity index (χ3n) is 2.97. The standard InChI is InChI=1S/C17H21NO4S/c1-5-22-17(21)14(19)10-11-15(23-4)16(20)12-6-8-13(9-7-12)18(2)3/h6-11,20H,5H2,1-4H3. The second-order valence-electron chi connectivity index (χ2n) is 4.78. The highest BCUT2D eigenvalue weighted by atomic mass is 32.2. The number of thioether (sulfide) groups is 1. The summed E-state index contributed by atoms with van der Waals surface area (Å²) < 4.78 is 4.62. The van der Waals surface area contributed by atoms with Crippen LogP contribution in [0.3, 0.4) is 0 Å². The summed E-state index contributed by atoms with van der Waals surface area (Å²) in [6.45, 7) is 1.78. The molecule has 6 heteroatoms. The predicted molar refractivity (Wildman–Crippen MR) is 94.6 cm³/mol. The first-order valence-electron chi connectivity index (χ1n) is 7.04. The Hall–Kier alpha value is -2.21. The van der Waals surface area contributed by atoms with Gasteiger partial charge in [0.05, 0.1) is 6.61 Å². The Morgan fingerprint density at radius 3 is 2.30 bits per heavy atom. The molecule has 0 amide bonds. The molecule has 0 unspecified atom stereocenters. The number of benzene rings is 1. The number of esters is 1. The fourth-order valence-corrected chi connectivity index (χ4v) is 2.24. The Labute approximate surface area is 140 Å². The number of carbonyl (C=O) groups excluding carboxylic acids is 2. The fourth-order valence-electron chi connectivity index (χ4n) is 1.72. The molecule has 0 radical (unpaired) electrons. The molecule has 1 N–H and O–H groups in total. The third-order valence-corrected chi connectivity index (χ3v) is 3.74. The molecule has 0 spiro atoms. The highest BCUT2D eigenvalue weighted by Crippen LogP contribution is 2.25. The van der Waals surface area contributed by atoms with Gasteiger partial charge in [0.15, 0.2) is 0 Å². The van der Waals surface area contributed by atoms with Crippen LogP contribution in [-0.2, 0) is 14.3 Å². The summed E-state index contributed by atoms with van der Waals surface area (Å²) in [5.41, 5.74) is 1.65. The lowest BCUT2D eigenvalue weighted by molar-refractivity contribution is -0.151. The van der Waals surface area contributed by atoms with Gasteiger partial charge < -0.3 is 14.7 Å². The van der Waals surface area contributed by atoms with Gasteiger partial charge in [0.25, 0.3) is 5.78 Å². The minimum atomic E-state index is -0.904. The zero-order chi connectivity index (χ0) is 17.4. The van der Waals surface area contributed by atoms with E-state index in [0.29, 0.717) is 10.5 Å². The van der Waals surface area contributed by atoms with E-state index in [4.69, 9.17) is 0 Å². The zero-order valence-corrected chi connectivity index (χ0v) is 14.5. The molecule has 0 heterocycles. The first kappa shape index (κ1) is 18.8. The molecule has 0 aliphatic carbocycles. The van der Waals surface area contributed by atoms with Gasteiger partial charge in [-0.3, -0.25) is 4.79 Å². The number of ether oxygens (including phenoxy) is 1. The molecule has 1 aromatic rings. The van der Waals surface area contributed by atoms with Gasteiger partial charge in [0.2, 0.25) is 0 Å². The number of nitrogens with zero attached hydrogens (tertiary/aromatic N) is 1. The second kappa shape index (κ2) is 9.05. The Morgan fingerprint density at radius 2 is 1.83 bits per heavy atom. The quantitative estimate of drug-likeness (QED) is 0.272. The van der Waals surface area contributed by atoms with Gasteiger partial charge in [-0.15, -0.1) is 11.8 Å². The van der Waals surface area contributed by atoms with Crippen molar-refractivity contribution in [3.63, 3.8) is 0 Å². The molecule has 0 saturated carbocycles. The van der Waals surface area contributed by atoms with Gasteiger partial charge in [-0.1, -0.05) is 0 Å². The van der Waals surface area contributed by atoms with E-state index >= 15 is 0 Å². The van der Waals surface area contributed by atoms with E-state index in [0.717, 1.165) is 11.8 Å². The lowest BCUT2D eigenvalue weighted by Crippen LogP contribution is -2.14. The fraction of sp³-hybridized carbons (Fsp3) is 0.294. The van der Waals surface area contributed by atoms with Crippen molar-refractivity contribution in [1.82, 2.24) is 0 Å². The maximum Gasteiger partial charge on any atom is 0.379 e.